The molecule has 130 valence electrons. The third-order valence-electron chi connectivity index (χ3n) is 3.95. The molecule has 0 radical (unpaired) electrons. The number of thiol groups is 1. The number of aromatic nitrogens is 3. The Bertz CT molecular complexity index is 1070. The van der Waals surface area contributed by atoms with Gasteiger partial charge in [0.05, 0.1) is 10.9 Å². The minimum absolute atomic E-state index is 0.00485. The zero-order chi connectivity index (χ0) is 18.5. The number of aryl methyl sites for hydroxylation is 1. The smallest absolute Gasteiger partial charge is 0.288 e. The van der Waals surface area contributed by atoms with Crippen LogP contribution in [0.1, 0.15) is 21.6 Å². The van der Waals surface area contributed by atoms with Crippen molar-refractivity contribution < 1.29 is 18.0 Å². The number of nitrogens with zero attached hydrogens (tertiary/aromatic N) is 3. The molecule has 25 heavy (non-hydrogen) atoms. The molecule has 0 fully saturated rings. The molecule has 3 rings (SSSR count). The first-order valence-electron chi connectivity index (χ1n) is 7.09. The number of carbonyl (C=O) groups is 1. The number of ketones is 1. The molecule has 2 aromatic heterocycles. The van der Waals surface area contributed by atoms with Crippen molar-refractivity contribution in [1.82, 2.24) is 14.3 Å². The molecule has 5 nitrogen and oxygen atoms in total. The summed E-state index contributed by atoms with van der Waals surface area (Å²) in [7, 11) is 2.82. The number of hydrogen-bond acceptors (Lipinski definition) is 4. The van der Waals surface area contributed by atoms with Crippen LogP contribution < -0.4 is 5.56 Å². The Labute approximate surface area is 145 Å². The largest absolute Gasteiger partial charge is 0.434 e. The Morgan fingerprint density at radius 2 is 1.76 bits per heavy atom. The minimum atomic E-state index is -4.85. The van der Waals surface area contributed by atoms with Crippen LogP contribution in [0.4, 0.5) is 13.2 Å². The van der Waals surface area contributed by atoms with Gasteiger partial charge in [0.25, 0.3) is 5.56 Å². The molecule has 0 unspecified atom stereocenters. The quantitative estimate of drug-likeness (QED) is 0.560. The van der Waals surface area contributed by atoms with E-state index >= 15 is 0 Å². The van der Waals surface area contributed by atoms with Crippen LogP contribution in [0, 0.1) is 0 Å². The number of hydrogen-bond donors (Lipinski definition) is 1. The molecule has 0 saturated heterocycles. The van der Waals surface area contributed by atoms with E-state index in [4.69, 9.17) is 0 Å². The van der Waals surface area contributed by atoms with Crippen LogP contribution in [0.25, 0.3) is 11.0 Å². The van der Waals surface area contributed by atoms with Crippen LogP contribution in [0.15, 0.2) is 40.0 Å². The van der Waals surface area contributed by atoms with Gasteiger partial charge in [-0.1, -0.05) is 12.1 Å². The summed E-state index contributed by atoms with van der Waals surface area (Å²) in [6, 6.07) is 6.96. The van der Waals surface area contributed by atoms with Gasteiger partial charge in [-0.05, 0) is 18.2 Å². The average molecular weight is 367 g/mol. The summed E-state index contributed by atoms with van der Waals surface area (Å²) in [4.78, 5) is 28.7. The molecule has 0 bridgehead atoms. The van der Waals surface area contributed by atoms with Crippen LogP contribution in [0.2, 0.25) is 0 Å². The van der Waals surface area contributed by atoms with E-state index in [1.54, 1.807) is 6.07 Å². The van der Waals surface area contributed by atoms with E-state index in [0.29, 0.717) is 0 Å². The molecule has 0 aliphatic rings. The highest BCUT2D eigenvalue weighted by atomic mass is 32.1. The number of carbonyl (C=O) groups excluding carboxylic acids is 1. The Hall–Kier alpha value is -2.55. The Kier molecular flexibility index (Phi) is 3.98. The monoisotopic (exact) mass is 367 g/mol. The summed E-state index contributed by atoms with van der Waals surface area (Å²) in [6.45, 7) is 0. The predicted octanol–water partition coefficient (Wildman–Crippen LogP) is 2.81. The maximum Gasteiger partial charge on any atom is 0.434 e. The van der Waals surface area contributed by atoms with Crippen LogP contribution in [-0.2, 0) is 20.3 Å². The van der Waals surface area contributed by atoms with E-state index in [2.05, 4.69) is 17.6 Å². The lowest BCUT2D eigenvalue weighted by atomic mass is 10.0. The second-order valence-electron chi connectivity index (χ2n) is 5.45. The van der Waals surface area contributed by atoms with Crippen molar-refractivity contribution in [3.05, 3.63) is 57.5 Å². The van der Waals surface area contributed by atoms with Gasteiger partial charge < -0.3 is 0 Å². The Morgan fingerprint density at radius 3 is 2.36 bits per heavy atom. The molecule has 0 atom stereocenters. The highest BCUT2D eigenvalue weighted by Gasteiger charge is 2.38. The number of benzene rings is 1. The lowest BCUT2D eigenvalue weighted by Gasteiger charge is -2.12. The minimum Gasteiger partial charge on any atom is -0.288 e. The first-order valence-corrected chi connectivity index (χ1v) is 7.54. The Morgan fingerprint density at radius 1 is 1.12 bits per heavy atom. The Balaban J connectivity index is 2.37. The topological polar surface area (TPSA) is 56.9 Å². The molecule has 9 heteroatoms. The summed E-state index contributed by atoms with van der Waals surface area (Å²) >= 11 is 4.12. The summed E-state index contributed by atoms with van der Waals surface area (Å²) in [5.41, 5.74) is -2.68. The van der Waals surface area contributed by atoms with Gasteiger partial charge >= 0.3 is 6.18 Å². The fourth-order valence-electron chi connectivity index (χ4n) is 2.56. The third-order valence-corrected chi connectivity index (χ3v) is 4.34. The predicted molar refractivity (Wildman–Crippen MR) is 88.1 cm³/mol. The fourth-order valence-corrected chi connectivity index (χ4v) is 2.82. The summed E-state index contributed by atoms with van der Waals surface area (Å²) in [5.74, 6) is -0.891. The molecule has 0 amide bonds. The second kappa shape index (κ2) is 5.76. The fraction of sp³-hybridized carbons (Fsp3) is 0.188. The van der Waals surface area contributed by atoms with Gasteiger partial charge in [0.1, 0.15) is 0 Å². The number of alkyl halides is 3. The van der Waals surface area contributed by atoms with Gasteiger partial charge in [-0.3, -0.25) is 19.0 Å². The maximum absolute atomic E-state index is 13.5. The molecule has 0 aliphatic carbocycles. The molecular weight excluding hydrogens is 355 g/mol. The van der Waals surface area contributed by atoms with Crippen molar-refractivity contribution in [3.63, 3.8) is 0 Å². The van der Waals surface area contributed by atoms with Crippen molar-refractivity contribution in [2.75, 3.05) is 0 Å². The molecule has 0 spiro atoms. The van der Waals surface area contributed by atoms with Gasteiger partial charge in [-0.15, -0.1) is 12.6 Å². The zero-order valence-electron chi connectivity index (χ0n) is 13.1. The van der Waals surface area contributed by atoms with Gasteiger partial charge in [0.15, 0.2) is 17.1 Å². The average Bonchev–Trinajstić information content (AvgIpc) is 2.77. The van der Waals surface area contributed by atoms with Crippen molar-refractivity contribution in [2.45, 2.75) is 11.1 Å². The van der Waals surface area contributed by atoms with Gasteiger partial charge in [-0.2, -0.15) is 13.2 Å². The van der Waals surface area contributed by atoms with E-state index in [9.17, 15) is 22.8 Å². The van der Waals surface area contributed by atoms with Gasteiger partial charge in [0, 0.05) is 24.6 Å². The van der Waals surface area contributed by atoms with E-state index in [0.717, 1.165) is 10.7 Å². The molecule has 0 N–H and O–H groups in total. The van der Waals surface area contributed by atoms with E-state index in [-0.39, 0.29) is 21.5 Å². The summed E-state index contributed by atoms with van der Waals surface area (Å²) in [5, 5.41) is -0.0574. The third kappa shape index (κ3) is 2.74. The summed E-state index contributed by atoms with van der Waals surface area (Å²) in [6.07, 6.45) is -4.85. The highest BCUT2D eigenvalue weighted by Crippen LogP contribution is 2.33. The first-order chi connectivity index (χ1) is 11.6. The van der Waals surface area contributed by atoms with E-state index in [1.807, 2.05) is 0 Å². The maximum atomic E-state index is 13.5. The van der Waals surface area contributed by atoms with Crippen molar-refractivity contribution in [1.29, 1.82) is 0 Å². The molecular formula is C16H12F3N3O2S. The van der Waals surface area contributed by atoms with Gasteiger partial charge in [0.2, 0.25) is 0 Å². The molecule has 0 aliphatic heterocycles. The van der Waals surface area contributed by atoms with Crippen molar-refractivity contribution in [2.24, 2.45) is 14.1 Å². The first kappa shape index (κ1) is 17.3. The van der Waals surface area contributed by atoms with Crippen LogP contribution in [0.5, 0.6) is 0 Å². The van der Waals surface area contributed by atoms with Gasteiger partial charge in [-0.25, -0.2) is 4.98 Å². The van der Waals surface area contributed by atoms with Crippen molar-refractivity contribution in [3.8, 4) is 0 Å². The van der Waals surface area contributed by atoms with E-state index in [1.165, 1.54) is 37.0 Å². The lowest BCUT2D eigenvalue weighted by molar-refractivity contribution is -0.141. The molecule has 3 aromatic rings. The van der Waals surface area contributed by atoms with E-state index < -0.39 is 28.8 Å². The zero-order valence-corrected chi connectivity index (χ0v) is 14.0. The second-order valence-corrected chi connectivity index (χ2v) is 5.93. The lowest BCUT2D eigenvalue weighted by Crippen LogP contribution is -2.17. The van der Waals surface area contributed by atoms with Crippen LogP contribution >= 0.6 is 12.6 Å². The van der Waals surface area contributed by atoms with Crippen LogP contribution in [-0.4, -0.2) is 20.1 Å². The molecule has 1 aromatic carbocycles. The molecule has 2 heterocycles. The molecule has 0 saturated carbocycles. The standard InChI is InChI=1S/C16H12F3N3O2S/c1-21-14-10(15(24)22(21)2)7-9(13(20-14)16(17,18)19)12(23)8-5-3-4-6-11(8)25/h3-7,25H,1-2H3. The highest BCUT2D eigenvalue weighted by molar-refractivity contribution is 7.80. The number of pyridine rings is 1. The van der Waals surface area contributed by atoms with Crippen molar-refractivity contribution >= 4 is 29.4 Å². The van der Waals surface area contributed by atoms with Crippen LogP contribution in [0.3, 0.4) is 0 Å². The summed E-state index contributed by atoms with van der Waals surface area (Å²) < 4.78 is 42.7. The number of halogens is 3. The number of rotatable bonds is 2. The SMILES string of the molecule is Cn1c(=O)c2cc(C(=O)c3ccccc3S)c(C(F)(F)F)nc2n1C. The number of fused-ring (bicyclic) bond motifs is 1. The normalized spacial score (nSPS) is 11.9.